The molecule has 0 aliphatic rings. The van der Waals surface area contributed by atoms with E-state index >= 15 is 0 Å². The Bertz CT molecular complexity index is 565. The zero-order chi connectivity index (χ0) is 15.2. The summed E-state index contributed by atoms with van der Waals surface area (Å²) in [6, 6.07) is 8.26. The standard InChI is InChI=1S/C15H21BrN4O/c1-4-17-13(14-15(16)18-19-20(14)3)8-9-21-12-7-5-6-11(2)10-12/h5-7,10,13,17H,4,8-9H2,1-3H3. The Balaban J connectivity index is 1.98. The van der Waals surface area contributed by atoms with Crippen LogP contribution in [0.15, 0.2) is 28.9 Å². The minimum absolute atomic E-state index is 0.161. The molecule has 2 rings (SSSR count). The normalized spacial score (nSPS) is 12.4. The quantitative estimate of drug-likeness (QED) is 0.832. The minimum atomic E-state index is 0.161. The lowest BCUT2D eigenvalue weighted by Gasteiger charge is -2.18. The van der Waals surface area contributed by atoms with Gasteiger partial charge in [-0.1, -0.05) is 24.3 Å². The highest BCUT2D eigenvalue weighted by atomic mass is 79.9. The van der Waals surface area contributed by atoms with Gasteiger partial charge in [-0.2, -0.15) is 0 Å². The van der Waals surface area contributed by atoms with Gasteiger partial charge in [-0.05, 0) is 47.1 Å². The molecule has 0 bridgehead atoms. The Hall–Kier alpha value is -1.40. The number of ether oxygens (including phenoxy) is 1. The van der Waals surface area contributed by atoms with E-state index in [-0.39, 0.29) is 6.04 Å². The molecule has 1 aromatic carbocycles. The topological polar surface area (TPSA) is 52.0 Å². The van der Waals surface area contributed by atoms with Crippen molar-refractivity contribution in [1.29, 1.82) is 0 Å². The number of rotatable bonds is 7. The van der Waals surface area contributed by atoms with E-state index in [2.05, 4.69) is 51.5 Å². The summed E-state index contributed by atoms with van der Waals surface area (Å²) in [5.41, 5.74) is 2.25. The average Bonchev–Trinajstić information content (AvgIpc) is 2.77. The fourth-order valence-corrected chi connectivity index (χ4v) is 2.89. The molecular formula is C15H21BrN4O. The zero-order valence-electron chi connectivity index (χ0n) is 12.6. The van der Waals surface area contributed by atoms with Gasteiger partial charge in [0.1, 0.15) is 5.75 Å². The van der Waals surface area contributed by atoms with E-state index in [1.165, 1.54) is 5.56 Å². The minimum Gasteiger partial charge on any atom is -0.494 e. The number of halogens is 1. The summed E-state index contributed by atoms with van der Waals surface area (Å²) in [5, 5.41) is 11.5. The highest BCUT2D eigenvalue weighted by molar-refractivity contribution is 9.10. The number of aromatic nitrogens is 3. The summed E-state index contributed by atoms with van der Waals surface area (Å²) in [6.45, 7) is 5.67. The van der Waals surface area contributed by atoms with Gasteiger partial charge < -0.3 is 10.1 Å². The molecule has 0 saturated heterocycles. The maximum absolute atomic E-state index is 5.84. The number of aryl methyl sites for hydroxylation is 2. The van der Waals surface area contributed by atoms with Gasteiger partial charge in [0.05, 0.1) is 18.3 Å². The van der Waals surface area contributed by atoms with Crippen molar-refractivity contribution in [3.63, 3.8) is 0 Å². The van der Waals surface area contributed by atoms with E-state index in [1.807, 2.05) is 25.2 Å². The molecular weight excluding hydrogens is 332 g/mol. The molecule has 6 heteroatoms. The Morgan fingerprint density at radius 2 is 2.24 bits per heavy atom. The van der Waals surface area contributed by atoms with Crippen LogP contribution in [0.2, 0.25) is 0 Å². The Morgan fingerprint density at radius 1 is 1.43 bits per heavy atom. The number of hydrogen-bond donors (Lipinski definition) is 1. The number of benzene rings is 1. The van der Waals surface area contributed by atoms with Crippen LogP contribution in [0.5, 0.6) is 5.75 Å². The molecule has 0 fully saturated rings. The third-order valence-corrected chi connectivity index (χ3v) is 3.84. The molecule has 21 heavy (non-hydrogen) atoms. The van der Waals surface area contributed by atoms with Crippen LogP contribution in [0.25, 0.3) is 0 Å². The van der Waals surface area contributed by atoms with Gasteiger partial charge in [0.15, 0.2) is 4.60 Å². The third-order valence-electron chi connectivity index (χ3n) is 3.27. The fourth-order valence-electron chi connectivity index (χ4n) is 2.29. The number of nitrogens with zero attached hydrogens (tertiary/aromatic N) is 3. The molecule has 0 amide bonds. The monoisotopic (exact) mass is 352 g/mol. The highest BCUT2D eigenvalue weighted by Crippen LogP contribution is 2.23. The van der Waals surface area contributed by atoms with Crippen LogP contribution >= 0.6 is 15.9 Å². The first-order chi connectivity index (χ1) is 10.1. The summed E-state index contributed by atoms with van der Waals surface area (Å²) in [6.07, 6.45) is 0.849. The Kier molecular flexibility index (Phi) is 5.76. The Labute approximate surface area is 133 Å². The molecule has 5 nitrogen and oxygen atoms in total. The van der Waals surface area contributed by atoms with Crippen molar-refractivity contribution in [3.8, 4) is 5.75 Å². The molecule has 1 aromatic heterocycles. The van der Waals surface area contributed by atoms with Gasteiger partial charge in [0.25, 0.3) is 0 Å². The predicted molar refractivity (Wildman–Crippen MR) is 86.4 cm³/mol. The molecule has 1 heterocycles. The van der Waals surface area contributed by atoms with Crippen molar-refractivity contribution >= 4 is 15.9 Å². The van der Waals surface area contributed by atoms with Crippen LogP contribution in [-0.4, -0.2) is 28.1 Å². The van der Waals surface area contributed by atoms with Gasteiger partial charge in [0.2, 0.25) is 0 Å². The first-order valence-corrected chi connectivity index (χ1v) is 7.89. The number of nitrogens with one attached hydrogen (secondary N) is 1. The lowest BCUT2D eigenvalue weighted by Crippen LogP contribution is -2.25. The van der Waals surface area contributed by atoms with Crippen LogP contribution in [0.4, 0.5) is 0 Å². The van der Waals surface area contributed by atoms with E-state index < -0.39 is 0 Å². The second-order valence-electron chi connectivity index (χ2n) is 4.95. The molecule has 1 N–H and O–H groups in total. The maximum atomic E-state index is 5.84. The van der Waals surface area contributed by atoms with Crippen LogP contribution < -0.4 is 10.1 Å². The van der Waals surface area contributed by atoms with E-state index in [0.717, 1.165) is 29.0 Å². The van der Waals surface area contributed by atoms with Gasteiger partial charge in [-0.25, -0.2) is 4.68 Å². The molecule has 0 saturated carbocycles. The van der Waals surface area contributed by atoms with Gasteiger partial charge in [-0.3, -0.25) is 0 Å². The average molecular weight is 353 g/mol. The van der Waals surface area contributed by atoms with Gasteiger partial charge >= 0.3 is 0 Å². The van der Waals surface area contributed by atoms with Crippen molar-refractivity contribution in [1.82, 2.24) is 20.3 Å². The molecule has 0 aliphatic heterocycles. The summed E-state index contributed by atoms with van der Waals surface area (Å²) in [4.78, 5) is 0. The van der Waals surface area contributed by atoms with Crippen molar-refractivity contribution < 1.29 is 4.74 Å². The molecule has 0 radical (unpaired) electrons. The van der Waals surface area contributed by atoms with Crippen LogP contribution in [-0.2, 0) is 7.05 Å². The summed E-state index contributed by atoms with van der Waals surface area (Å²) >= 11 is 3.46. The zero-order valence-corrected chi connectivity index (χ0v) is 14.2. The van der Waals surface area contributed by atoms with E-state index in [9.17, 15) is 0 Å². The summed E-state index contributed by atoms with van der Waals surface area (Å²) < 4.78 is 8.42. The summed E-state index contributed by atoms with van der Waals surface area (Å²) in [5.74, 6) is 0.910. The summed E-state index contributed by atoms with van der Waals surface area (Å²) in [7, 11) is 1.90. The third kappa shape index (κ3) is 4.28. The molecule has 1 atom stereocenters. The first-order valence-electron chi connectivity index (χ1n) is 7.09. The lowest BCUT2D eigenvalue weighted by atomic mass is 10.1. The van der Waals surface area contributed by atoms with Crippen LogP contribution in [0.3, 0.4) is 0 Å². The number of hydrogen-bond acceptors (Lipinski definition) is 4. The Morgan fingerprint density at radius 3 is 2.86 bits per heavy atom. The van der Waals surface area contributed by atoms with Crippen LogP contribution in [0.1, 0.15) is 30.6 Å². The smallest absolute Gasteiger partial charge is 0.153 e. The highest BCUT2D eigenvalue weighted by Gasteiger charge is 2.19. The SMILES string of the molecule is CCNC(CCOc1cccc(C)c1)c1c(Br)nnn1C. The molecule has 114 valence electrons. The van der Waals surface area contributed by atoms with Crippen molar-refractivity contribution in [2.24, 2.45) is 7.05 Å². The van der Waals surface area contributed by atoms with Gasteiger partial charge in [0, 0.05) is 13.5 Å². The van der Waals surface area contributed by atoms with Crippen molar-refractivity contribution in [2.75, 3.05) is 13.2 Å². The molecule has 1 unspecified atom stereocenters. The molecule has 0 spiro atoms. The lowest BCUT2D eigenvalue weighted by molar-refractivity contribution is 0.283. The van der Waals surface area contributed by atoms with Gasteiger partial charge in [-0.15, -0.1) is 5.10 Å². The van der Waals surface area contributed by atoms with E-state index in [1.54, 1.807) is 4.68 Å². The fraction of sp³-hybridized carbons (Fsp3) is 0.467. The largest absolute Gasteiger partial charge is 0.494 e. The first kappa shape index (κ1) is 16.0. The van der Waals surface area contributed by atoms with Crippen molar-refractivity contribution in [3.05, 3.63) is 40.1 Å². The maximum Gasteiger partial charge on any atom is 0.153 e. The van der Waals surface area contributed by atoms with E-state index in [0.29, 0.717) is 6.61 Å². The second-order valence-corrected chi connectivity index (χ2v) is 5.70. The second kappa shape index (κ2) is 7.56. The molecule has 2 aromatic rings. The van der Waals surface area contributed by atoms with E-state index in [4.69, 9.17) is 4.74 Å². The predicted octanol–water partition coefficient (Wildman–Crippen LogP) is 3.01. The molecule has 0 aliphatic carbocycles. The van der Waals surface area contributed by atoms with Crippen molar-refractivity contribution in [2.45, 2.75) is 26.3 Å². The van der Waals surface area contributed by atoms with Crippen LogP contribution in [0, 0.1) is 6.92 Å².